The van der Waals surface area contributed by atoms with E-state index in [1.54, 1.807) is 0 Å². The summed E-state index contributed by atoms with van der Waals surface area (Å²) in [7, 11) is 0. The first kappa shape index (κ1) is 10.3. The van der Waals surface area contributed by atoms with Crippen LogP contribution in [0.3, 0.4) is 0 Å². The molecule has 0 heterocycles. The summed E-state index contributed by atoms with van der Waals surface area (Å²) in [6.07, 6.45) is 2.14. The highest BCUT2D eigenvalue weighted by atomic mass is 32.2. The quantitative estimate of drug-likeness (QED) is 0.680. The van der Waals surface area contributed by atoms with Gasteiger partial charge in [0.25, 0.3) is 0 Å². The van der Waals surface area contributed by atoms with Gasteiger partial charge in [-0.1, -0.05) is 0 Å². The highest BCUT2D eigenvalue weighted by molar-refractivity contribution is 7.98. The largest absolute Gasteiger partial charge is 0.309 e. The summed E-state index contributed by atoms with van der Waals surface area (Å²) in [5.74, 6) is 1.19. The number of hydrogen-bond acceptors (Lipinski definition) is 2. The molecule has 0 aliphatic heterocycles. The first-order valence-electron chi connectivity index (χ1n) is 3.72. The second-order valence-corrected chi connectivity index (χ2v) is 4.66. The molecule has 0 aromatic rings. The van der Waals surface area contributed by atoms with Crippen molar-refractivity contribution in [1.82, 2.24) is 5.32 Å². The molecule has 0 aliphatic rings. The van der Waals surface area contributed by atoms with E-state index in [9.17, 15) is 0 Å². The molecule has 62 valence electrons. The smallest absolute Gasteiger partial charge is 0.0134 e. The van der Waals surface area contributed by atoms with Gasteiger partial charge in [-0.2, -0.15) is 11.8 Å². The molecular formula is C8H19NS. The topological polar surface area (TPSA) is 12.0 Å². The van der Waals surface area contributed by atoms with Crippen molar-refractivity contribution >= 4 is 11.8 Å². The second kappa shape index (κ2) is 4.24. The van der Waals surface area contributed by atoms with Gasteiger partial charge >= 0.3 is 0 Å². The van der Waals surface area contributed by atoms with Gasteiger partial charge in [-0.15, -0.1) is 0 Å². The van der Waals surface area contributed by atoms with Gasteiger partial charge in [-0.25, -0.2) is 0 Å². The Morgan fingerprint density at radius 3 is 2.20 bits per heavy atom. The summed E-state index contributed by atoms with van der Waals surface area (Å²) in [6.45, 7) is 8.82. The van der Waals surface area contributed by atoms with Gasteiger partial charge in [0.2, 0.25) is 0 Å². The molecule has 10 heavy (non-hydrogen) atoms. The van der Waals surface area contributed by atoms with Crippen LogP contribution in [0.2, 0.25) is 0 Å². The van der Waals surface area contributed by atoms with Crippen molar-refractivity contribution in [2.24, 2.45) is 0 Å². The van der Waals surface area contributed by atoms with Crippen molar-refractivity contribution in [3.63, 3.8) is 0 Å². The molecular weight excluding hydrogens is 142 g/mol. The van der Waals surface area contributed by atoms with Crippen LogP contribution in [0, 0.1) is 0 Å². The van der Waals surface area contributed by atoms with Crippen LogP contribution in [0.25, 0.3) is 0 Å². The molecule has 0 rings (SSSR count). The monoisotopic (exact) mass is 161 g/mol. The summed E-state index contributed by atoms with van der Waals surface area (Å²) < 4.78 is 0. The molecule has 0 amide bonds. The molecule has 0 bridgehead atoms. The van der Waals surface area contributed by atoms with E-state index in [0.717, 1.165) is 0 Å². The number of nitrogens with one attached hydrogen (secondary N) is 1. The summed E-state index contributed by atoms with van der Waals surface area (Å²) in [4.78, 5) is 0. The molecule has 0 aromatic carbocycles. The van der Waals surface area contributed by atoms with Crippen molar-refractivity contribution < 1.29 is 0 Å². The first-order valence-corrected chi connectivity index (χ1v) is 5.12. The van der Waals surface area contributed by atoms with E-state index in [4.69, 9.17) is 0 Å². The third-order valence-electron chi connectivity index (χ3n) is 1.10. The predicted molar refractivity (Wildman–Crippen MR) is 50.7 cm³/mol. The van der Waals surface area contributed by atoms with Gasteiger partial charge in [0, 0.05) is 17.3 Å². The summed E-state index contributed by atoms with van der Waals surface area (Å²) in [5.41, 5.74) is 0.259. The maximum absolute atomic E-state index is 3.50. The fourth-order valence-electron chi connectivity index (χ4n) is 1.03. The standard InChI is InChI=1S/C8H19NS/c1-7(6-10-5)9-8(2,3)4/h7,9H,6H2,1-5H3. The Balaban J connectivity index is 3.47. The Hall–Kier alpha value is 0.310. The van der Waals surface area contributed by atoms with E-state index in [1.165, 1.54) is 5.75 Å². The minimum Gasteiger partial charge on any atom is -0.309 e. The average molecular weight is 161 g/mol. The minimum absolute atomic E-state index is 0.259. The Morgan fingerprint density at radius 1 is 1.40 bits per heavy atom. The van der Waals surface area contributed by atoms with Crippen LogP contribution in [-0.4, -0.2) is 23.6 Å². The molecule has 2 heteroatoms. The lowest BCUT2D eigenvalue weighted by molar-refractivity contribution is 0.389. The normalized spacial score (nSPS) is 15.3. The average Bonchev–Trinajstić information content (AvgIpc) is 1.59. The summed E-state index contributed by atoms with van der Waals surface area (Å²) in [6, 6.07) is 0.620. The third kappa shape index (κ3) is 6.43. The molecule has 0 radical (unpaired) electrons. The molecule has 1 N–H and O–H groups in total. The van der Waals surface area contributed by atoms with Gasteiger partial charge in [0.1, 0.15) is 0 Å². The maximum atomic E-state index is 3.50. The molecule has 1 nitrogen and oxygen atoms in total. The molecule has 1 atom stereocenters. The summed E-state index contributed by atoms with van der Waals surface area (Å²) >= 11 is 1.89. The SMILES string of the molecule is CSCC(C)NC(C)(C)C. The lowest BCUT2D eigenvalue weighted by Gasteiger charge is -2.25. The van der Waals surface area contributed by atoms with Crippen LogP contribution in [0.1, 0.15) is 27.7 Å². The van der Waals surface area contributed by atoms with Crippen LogP contribution >= 0.6 is 11.8 Å². The molecule has 0 fully saturated rings. The minimum atomic E-state index is 0.259. The van der Waals surface area contributed by atoms with Crippen molar-refractivity contribution in [1.29, 1.82) is 0 Å². The van der Waals surface area contributed by atoms with Crippen LogP contribution in [0.15, 0.2) is 0 Å². The lowest BCUT2D eigenvalue weighted by Crippen LogP contribution is -2.43. The molecule has 0 saturated carbocycles. The van der Waals surface area contributed by atoms with Crippen LogP contribution in [-0.2, 0) is 0 Å². The van der Waals surface area contributed by atoms with Crippen molar-refractivity contribution in [2.75, 3.05) is 12.0 Å². The van der Waals surface area contributed by atoms with E-state index in [-0.39, 0.29) is 5.54 Å². The lowest BCUT2D eigenvalue weighted by atomic mass is 10.1. The molecule has 0 aliphatic carbocycles. The Bertz CT molecular complexity index is 85.7. The Morgan fingerprint density at radius 2 is 1.90 bits per heavy atom. The zero-order chi connectivity index (χ0) is 8.20. The maximum Gasteiger partial charge on any atom is 0.0134 e. The number of hydrogen-bond donors (Lipinski definition) is 1. The number of rotatable bonds is 3. The fourth-order valence-corrected chi connectivity index (χ4v) is 1.61. The van der Waals surface area contributed by atoms with E-state index in [2.05, 4.69) is 39.3 Å². The van der Waals surface area contributed by atoms with Gasteiger partial charge in [-0.3, -0.25) is 0 Å². The van der Waals surface area contributed by atoms with Crippen molar-refractivity contribution in [3.05, 3.63) is 0 Å². The van der Waals surface area contributed by atoms with Gasteiger partial charge in [0.15, 0.2) is 0 Å². The molecule has 0 spiro atoms. The molecule has 0 saturated heterocycles. The van der Waals surface area contributed by atoms with E-state index >= 15 is 0 Å². The van der Waals surface area contributed by atoms with Gasteiger partial charge < -0.3 is 5.32 Å². The Labute approximate surface area is 69.0 Å². The van der Waals surface area contributed by atoms with E-state index in [1.807, 2.05) is 11.8 Å². The third-order valence-corrected chi connectivity index (χ3v) is 1.93. The van der Waals surface area contributed by atoms with Gasteiger partial charge in [-0.05, 0) is 34.0 Å². The van der Waals surface area contributed by atoms with Crippen molar-refractivity contribution in [2.45, 2.75) is 39.3 Å². The highest BCUT2D eigenvalue weighted by Gasteiger charge is 2.12. The van der Waals surface area contributed by atoms with Crippen LogP contribution < -0.4 is 5.32 Å². The first-order chi connectivity index (χ1) is 4.45. The summed E-state index contributed by atoms with van der Waals surface area (Å²) in [5, 5.41) is 3.50. The Kier molecular flexibility index (Phi) is 4.37. The zero-order valence-corrected chi connectivity index (χ0v) is 8.51. The van der Waals surface area contributed by atoms with E-state index in [0.29, 0.717) is 6.04 Å². The van der Waals surface area contributed by atoms with Crippen molar-refractivity contribution in [3.8, 4) is 0 Å². The van der Waals surface area contributed by atoms with Crippen LogP contribution in [0.4, 0.5) is 0 Å². The predicted octanol–water partition coefficient (Wildman–Crippen LogP) is 2.13. The fraction of sp³-hybridized carbons (Fsp3) is 1.00. The number of thioether (sulfide) groups is 1. The zero-order valence-electron chi connectivity index (χ0n) is 7.69. The highest BCUT2D eigenvalue weighted by Crippen LogP contribution is 2.04. The molecule has 0 aromatic heterocycles. The van der Waals surface area contributed by atoms with E-state index < -0.39 is 0 Å². The molecule has 1 unspecified atom stereocenters. The van der Waals surface area contributed by atoms with Gasteiger partial charge in [0.05, 0.1) is 0 Å². The van der Waals surface area contributed by atoms with Crippen LogP contribution in [0.5, 0.6) is 0 Å². The second-order valence-electron chi connectivity index (χ2n) is 3.75.